The van der Waals surface area contributed by atoms with Gasteiger partial charge < -0.3 is 14.8 Å². The number of benzene rings is 2. The average Bonchev–Trinajstić information content (AvgIpc) is 2.86. The molecule has 2 aromatic carbocycles. The minimum Gasteiger partial charge on any atom is -0.493 e. The van der Waals surface area contributed by atoms with Crippen molar-refractivity contribution in [3.05, 3.63) is 53.6 Å². The minimum absolute atomic E-state index is 0.113. The van der Waals surface area contributed by atoms with E-state index in [0.717, 1.165) is 35.2 Å². The molecule has 0 saturated heterocycles. The monoisotopic (exact) mass is 480 g/mol. The van der Waals surface area contributed by atoms with Crippen molar-refractivity contribution in [1.29, 1.82) is 0 Å². The fourth-order valence-corrected chi connectivity index (χ4v) is 3.74. The summed E-state index contributed by atoms with van der Waals surface area (Å²) in [6, 6.07) is 13.6. The number of urea groups is 1. The van der Waals surface area contributed by atoms with Crippen LogP contribution in [0.1, 0.15) is 65.4 Å². The standard InChI is InChI=1S/C29H40N2O4/c1-6-9-10-11-12-18-30-29(33)31(5)25-15-13-14-24(21-25)26-17-16-23(20-27(26)34-7-2)19-22(4)28(32)35-8-3/h13-17,19-21H,6-12,18H2,1-5H3,(H,30,33). The van der Waals surface area contributed by atoms with Gasteiger partial charge in [-0.1, -0.05) is 56.9 Å². The lowest BCUT2D eigenvalue weighted by molar-refractivity contribution is -0.138. The summed E-state index contributed by atoms with van der Waals surface area (Å²) in [5, 5.41) is 3.01. The maximum Gasteiger partial charge on any atom is 0.333 e. The van der Waals surface area contributed by atoms with Crippen LogP contribution in [0.15, 0.2) is 48.0 Å². The predicted octanol–water partition coefficient (Wildman–Crippen LogP) is 6.83. The van der Waals surface area contributed by atoms with Crippen LogP contribution in [0.2, 0.25) is 0 Å². The van der Waals surface area contributed by atoms with E-state index in [-0.39, 0.29) is 12.0 Å². The van der Waals surface area contributed by atoms with E-state index in [9.17, 15) is 9.59 Å². The second-order valence-electron chi connectivity index (χ2n) is 8.49. The van der Waals surface area contributed by atoms with Gasteiger partial charge in [0.2, 0.25) is 0 Å². The molecular weight excluding hydrogens is 440 g/mol. The first-order valence-corrected chi connectivity index (χ1v) is 12.6. The van der Waals surface area contributed by atoms with Crippen LogP contribution in [-0.2, 0) is 9.53 Å². The molecule has 0 aliphatic heterocycles. The van der Waals surface area contributed by atoms with Crippen molar-refractivity contribution in [3.63, 3.8) is 0 Å². The summed E-state index contributed by atoms with van der Waals surface area (Å²) >= 11 is 0. The Balaban J connectivity index is 2.18. The molecule has 1 N–H and O–H groups in total. The second-order valence-corrected chi connectivity index (χ2v) is 8.49. The SMILES string of the molecule is CCCCCCCNC(=O)N(C)c1cccc(-c2ccc(C=C(C)C(=O)OCC)cc2OCC)c1. The smallest absolute Gasteiger partial charge is 0.333 e. The highest BCUT2D eigenvalue weighted by Gasteiger charge is 2.14. The Labute approximate surface area is 210 Å². The molecule has 0 aliphatic carbocycles. The lowest BCUT2D eigenvalue weighted by atomic mass is 10.0. The van der Waals surface area contributed by atoms with Crippen molar-refractivity contribution >= 4 is 23.8 Å². The van der Waals surface area contributed by atoms with Crippen molar-refractivity contribution in [2.24, 2.45) is 0 Å². The number of anilines is 1. The number of ether oxygens (including phenoxy) is 2. The van der Waals surface area contributed by atoms with Gasteiger partial charge in [-0.25, -0.2) is 9.59 Å². The molecule has 0 saturated carbocycles. The first-order valence-electron chi connectivity index (χ1n) is 12.6. The number of hydrogen-bond donors (Lipinski definition) is 1. The van der Waals surface area contributed by atoms with Gasteiger partial charge in [0.15, 0.2) is 0 Å². The van der Waals surface area contributed by atoms with Crippen molar-refractivity contribution in [3.8, 4) is 16.9 Å². The predicted molar refractivity (Wildman–Crippen MR) is 144 cm³/mol. The summed E-state index contributed by atoms with van der Waals surface area (Å²) in [6.07, 6.45) is 7.59. The summed E-state index contributed by atoms with van der Waals surface area (Å²) in [5.41, 5.74) is 4.05. The molecule has 2 aromatic rings. The van der Waals surface area contributed by atoms with Gasteiger partial charge in [-0.15, -0.1) is 0 Å². The van der Waals surface area contributed by atoms with Crippen LogP contribution >= 0.6 is 0 Å². The average molecular weight is 481 g/mol. The van der Waals surface area contributed by atoms with Crippen molar-refractivity contribution < 1.29 is 19.1 Å². The highest BCUT2D eigenvalue weighted by atomic mass is 16.5. The molecule has 0 aliphatic rings. The first kappa shape index (κ1) is 28.0. The number of unbranched alkanes of at least 4 members (excludes halogenated alkanes) is 4. The van der Waals surface area contributed by atoms with E-state index in [4.69, 9.17) is 9.47 Å². The Kier molecular flexibility index (Phi) is 11.9. The minimum atomic E-state index is -0.329. The Morgan fingerprint density at radius 2 is 1.74 bits per heavy atom. The van der Waals surface area contributed by atoms with E-state index < -0.39 is 0 Å². The number of esters is 1. The molecule has 0 radical (unpaired) electrons. The van der Waals surface area contributed by atoms with Crippen molar-refractivity contribution in [2.45, 2.75) is 59.8 Å². The highest BCUT2D eigenvalue weighted by molar-refractivity contribution is 5.94. The number of amides is 2. The van der Waals surface area contributed by atoms with Gasteiger partial charge >= 0.3 is 12.0 Å². The summed E-state index contributed by atoms with van der Waals surface area (Å²) in [4.78, 5) is 26.2. The molecule has 2 amide bonds. The molecular formula is C29H40N2O4. The molecule has 0 heterocycles. The van der Waals surface area contributed by atoms with Gasteiger partial charge in [0.25, 0.3) is 0 Å². The van der Waals surface area contributed by atoms with Gasteiger partial charge in [0.1, 0.15) is 5.75 Å². The van der Waals surface area contributed by atoms with E-state index in [1.54, 1.807) is 31.9 Å². The molecule has 6 heteroatoms. The zero-order valence-corrected chi connectivity index (χ0v) is 21.9. The van der Waals surface area contributed by atoms with Crippen LogP contribution < -0.4 is 15.0 Å². The fraction of sp³-hybridized carbons (Fsp3) is 0.448. The largest absolute Gasteiger partial charge is 0.493 e. The summed E-state index contributed by atoms with van der Waals surface area (Å²) < 4.78 is 11.0. The van der Waals surface area contributed by atoms with Gasteiger partial charge in [0.05, 0.1) is 13.2 Å². The van der Waals surface area contributed by atoms with Crippen LogP contribution in [0.4, 0.5) is 10.5 Å². The second kappa shape index (κ2) is 14.9. The summed E-state index contributed by atoms with van der Waals surface area (Å²) in [6.45, 7) is 9.19. The van der Waals surface area contributed by atoms with Crippen LogP contribution in [0.5, 0.6) is 5.75 Å². The number of nitrogens with one attached hydrogen (secondary N) is 1. The van der Waals surface area contributed by atoms with Crippen LogP contribution in [-0.4, -0.2) is 38.8 Å². The number of carbonyl (C=O) groups is 2. The molecule has 0 spiro atoms. The molecule has 35 heavy (non-hydrogen) atoms. The number of nitrogens with zero attached hydrogens (tertiary/aromatic N) is 1. The third kappa shape index (κ3) is 8.78. The maximum atomic E-state index is 12.6. The normalized spacial score (nSPS) is 11.2. The Morgan fingerprint density at radius 3 is 2.46 bits per heavy atom. The lowest BCUT2D eigenvalue weighted by Gasteiger charge is -2.19. The molecule has 0 fully saturated rings. The van der Waals surface area contributed by atoms with E-state index in [2.05, 4.69) is 12.2 Å². The molecule has 0 aromatic heterocycles. The number of rotatable bonds is 13. The zero-order chi connectivity index (χ0) is 25.6. The van der Waals surface area contributed by atoms with E-state index in [1.807, 2.05) is 49.4 Å². The van der Waals surface area contributed by atoms with Crippen LogP contribution in [0.25, 0.3) is 17.2 Å². The summed E-state index contributed by atoms with van der Waals surface area (Å²) in [7, 11) is 1.78. The maximum absolute atomic E-state index is 12.6. The quantitative estimate of drug-likeness (QED) is 0.194. The molecule has 2 rings (SSSR count). The molecule has 190 valence electrons. The Bertz CT molecular complexity index is 1000. The lowest BCUT2D eigenvalue weighted by Crippen LogP contribution is -2.37. The van der Waals surface area contributed by atoms with Crippen molar-refractivity contribution in [1.82, 2.24) is 5.32 Å². The van der Waals surface area contributed by atoms with Gasteiger partial charge in [-0.05, 0) is 62.6 Å². The van der Waals surface area contributed by atoms with Crippen LogP contribution in [0.3, 0.4) is 0 Å². The third-order valence-electron chi connectivity index (χ3n) is 5.69. The Morgan fingerprint density at radius 1 is 0.971 bits per heavy atom. The first-order chi connectivity index (χ1) is 16.9. The van der Waals surface area contributed by atoms with Gasteiger partial charge in [-0.3, -0.25) is 4.90 Å². The number of carbonyl (C=O) groups excluding carboxylic acids is 2. The van der Waals surface area contributed by atoms with E-state index in [0.29, 0.717) is 31.1 Å². The summed E-state index contributed by atoms with van der Waals surface area (Å²) in [5.74, 6) is 0.388. The molecule has 0 atom stereocenters. The topological polar surface area (TPSA) is 67.9 Å². The van der Waals surface area contributed by atoms with E-state index in [1.165, 1.54) is 19.3 Å². The molecule has 0 unspecified atom stereocenters. The van der Waals surface area contributed by atoms with Gasteiger partial charge in [0, 0.05) is 30.4 Å². The number of hydrogen-bond acceptors (Lipinski definition) is 4. The molecule has 0 bridgehead atoms. The highest BCUT2D eigenvalue weighted by Crippen LogP contribution is 2.33. The van der Waals surface area contributed by atoms with Gasteiger partial charge in [-0.2, -0.15) is 0 Å². The Hall–Kier alpha value is -3.28. The third-order valence-corrected chi connectivity index (χ3v) is 5.69. The van der Waals surface area contributed by atoms with Crippen LogP contribution in [0, 0.1) is 0 Å². The fourth-order valence-electron chi connectivity index (χ4n) is 3.74. The van der Waals surface area contributed by atoms with E-state index >= 15 is 0 Å². The zero-order valence-electron chi connectivity index (χ0n) is 21.9. The molecule has 6 nitrogen and oxygen atoms in total. The van der Waals surface area contributed by atoms with Crippen molar-refractivity contribution in [2.75, 3.05) is 31.7 Å².